The van der Waals surface area contributed by atoms with Crippen LogP contribution in [0.4, 0.5) is 20.3 Å². The molecule has 4 rings (SSSR count). The Balaban J connectivity index is 1.64. The summed E-state index contributed by atoms with van der Waals surface area (Å²) in [6, 6.07) is 7.97. The number of aromatic nitrogens is 1. The van der Waals surface area contributed by atoms with Gasteiger partial charge in [-0.3, -0.25) is 4.79 Å². The van der Waals surface area contributed by atoms with Crippen molar-refractivity contribution in [2.24, 2.45) is 0 Å². The zero-order chi connectivity index (χ0) is 20.2. The monoisotopic (exact) mass is 403 g/mol. The first kappa shape index (κ1) is 19.9. The van der Waals surface area contributed by atoms with E-state index in [1.165, 1.54) is 0 Å². The molecule has 2 aliphatic heterocycles. The smallest absolute Gasteiger partial charge is 0.251 e. The van der Waals surface area contributed by atoms with Crippen LogP contribution in [-0.4, -0.2) is 43.9 Å². The number of nitrogens with one attached hydrogen (secondary N) is 1. The molecule has 156 valence electrons. The number of pyridine rings is 1. The maximum absolute atomic E-state index is 14.3. The van der Waals surface area contributed by atoms with Gasteiger partial charge >= 0.3 is 0 Å². The third-order valence-corrected chi connectivity index (χ3v) is 5.86. The van der Waals surface area contributed by atoms with Crippen molar-refractivity contribution in [3.05, 3.63) is 57.9 Å². The minimum Gasteiger partial charge on any atom is -0.378 e. The van der Waals surface area contributed by atoms with Crippen molar-refractivity contribution in [1.82, 2.24) is 4.98 Å². The molecule has 2 fully saturated rings. The number of rotatable bonds is 4. The van der Waals surface area contributed by atoms with E-state index in [9.17, 15) is 13.6 Å². The third-order valence-electron chi connectivity index (χ3n) is 5.86. The lowest BCUT2D eigenvalue weighted by atomic mass is 10.00. The Bertz CT molecular complexity index is 896. The molecule has 5 nitrogen and oxygen atoms in total. The Labute approximate surface area is 169 Å². The van der Waals surface area contributed by atoms with E-state index in [0.717, 1.165) is 62.9 Å². The van der Waals surface area contributed by atoms with Gasteiger partial charge in [0.25, 0.3) is 5.56 Å². The Kier molecular flexibility index (Phi) is 6.13. The number of hydrogen-bond acceptors (Lipinski definition) is 4. The fraction of sp³-hybridized carbons (Fsp3) is 0.500. The van der Waals surface area contributed by atoms with Crippen molar-refractivity contribution in [1.29, 1.82) is 0 Å². The fourth-order valence-electron chi connectivity index (χ4n) is 4.34. The van der Waals surface area contributed by atoms with Crippen LogP contribution in [0.25, 0.3) is 0 Å². The quantitative estimate of drug-likeness (QED) is 0.849. The SMILES string of the molecule is O=c1cc(N2CCOCC2)cc(N2CCCCC[C@@H]2Cc2cccc(F)c2F)[nH]1. The molecule has 1 aromatic heterocycles. The van der Waals surface area contributed by atoms with E-state index in [1.807, 2.05) is 6.07 Å². The maximum Gasteiger partial charge on any atom is 0.251 e. The second-order valence-corrected chi connectivity index (χ2v) is 7.80. The first-order chi connectivity index (χ1) is 14.1. The van der Waals surface area contributed by atoms with Crippen molar-refractivity contribution in [2.75, 3.05) is 42.6 Å². The molecule has 2 aliphatic rings. The van der Waals surface area contributed by atoms with Crippen molar-refractivity contribution < 1.29 is 13.5 Å². The van der Waals surface area contributed by atoms with Crippen LogP contribution >= 0.6 is 0 Å². The molecule has 1 aromatic carbocycles. The Morgan fingerprint density at radius 2 is 1.90 bits per heavy atom. The number of H-pyrrole nitrogens is 1. The van der Waals surface area contributed by atoms with Crippen LogP contribution in [0, 0.1) is 11.6 Å². The molecule has 0 amide bonds. The van der Waals surface area contributed by atoms with Gasteiger partial charge < -0.3 is 19.5 Å². The van der Waals surface area contributed by atoms with Gasteiger partial charge in [-0.05, 0) is 30.9 Å². The van der Waals surface area contributed by atoms with Crippen molar-refractivity contribution in [3.8, 4) is 0 Å². The van der Waals surface area contributed by atoms with Crippen LogP contribution in [0.3, 0.4) is 0 Å². The molecular weight excluding hydrogens is 376 g/mol. The molecule has 29 heavy (non-hydrogen) atoms. The number of benzene rings is 1. The minimum absolute atomic E-state index is 0.00406. The molecule has 7 heteroatoms. The van der Waals surface area contributed by atoms with Crippen LogP contribution in [-0.2, 0) is 11.2 Å². The highest BCUT2D eigenvalue weighted by atomic mass is 19.2. The predicted molar refractivity (Wildman–Crippen MR) is 110 cm³/mol. The predicted octanol–water partition coefficient (Wildman–Crippen LogP) is 3.48. The number of morpholine rings is 1. The highest BCUT2D eigenvalue weighted by Crippen LogP contribution is 2.28. The molecule has 2 saturated heterocycles. The molecule has 0 radical (unpaired) electrons. The summed E-state index contributed by atoms with van der Waals surface area (Å²) in [5.74, 6) is -0.833. The summed E-state index contributed by atoms with van der Waals surface area (Å²) in [4.78, 5) is 19.7. The second kappa shape index (κ2) is 8.95. The lowest BCUT2D eigenvalue weighted by Gasteiger charge is -2.34. The summed E-state index contributed by atoms with van der Waals surface area (Å²) in [5.41, 5.74) is 1.12. The van der Waals surface area contributed by atoms with E-state index in [2.05, 4.69) is 14.8 Å². The summed E-state index contributed by atoms with van der Waals surface area (Å²) in [7, 11) is 0. The van der Waals surface area contributed by atoms with Crippen LogP contribution in [0.5, 0.6) is 0 Å². The van der Waals surface area contributed by atoms with Gasteiger partial charge in [-0.15, -0.1) is 0 Å². The van der Waals surface area contributed by atoms with Gasteiger partial charge in [0.2, 0.25) is 0 Å². The van der Waals surface area contributed by atoms with E-state index >= 15 is 0 Å². The van der Waals surface area contributed by atoms with Gasteiger partial charge in [-0.25, -0.2) is 8.78 Å². The van der Waals surface area contributed by atoms with Crippen molar-refractivity contribution in [3.63, 3.8) is 0 Å². The number of nitrogens with zero attached hydrogens (tertiary/aromatic N) is 2. The summed E-state index contributed by atoms with van der Waals surface area (Å²) < 4.78 is 33.4. The third kappa shape index (κ3) is 4.61. The first-order valence-electron chi connectivity index (χ1n) is 10.4. The molecule has 3 heterocycles. The Morgan fingerprint density at radius 3 is 2.72 bits per heavy atom. The lowest BCUT2D eigenvalue weighted by molar-refractivity contribution is 0.122. The van der Waals surface area contributed by atoms with E-state index in [0.29, 0.717) is 25.2 Å². The molecule has 1 atom stereocenters. The van der Waals surface area contributed by atoms with E-state index in [4.69, 9.17) is 4.74 Å². The highest BCUT2D eigenvalue weighted by Gasteiger charge is 2.25. The molecule has 0 aliphatic carbocycles. The molecule has 1 N–H and O–H groups in total. The number of halogens is 2. The van der Waals surface area contributed by atoms with Crippen LogP contribution in [0.1, 0.15) is 31.2 Å². The average molecular weight is 403 g/mol. The first-order valence-corrected chi connectivity index (χ1v) is 10.4. The molecule has 2 aromatic rings. The number of hydrogen-bond donors (Lipinski definition) is 1. The van der Waals surface area contributed by atoms with Gasteiger partial charge in [0.1, 0.15) is 5.82 Å². The summed E-state index contributed by atoms with van der Waals surface area (Å²) in [6.07, 6.45) is 4.41. The molecule has 0 unspecified atom stereocenters. The zero-order valence-electron chi connectivity index (χ0n) is 16.5. The van der Waals surface area contributed by atoms with Crippen LogP contribution < -0.4 is 15.4 Å². The Hall–Kier alpha value is -2.41. The summed E-state index contributed by atoms with van der Waals surface area (Å²) >= 11 is 0. The maximum atomic E-state index is 14.3. The lowest BCUT2D eigenvalue weighted by Crippen LogP contribution is -2.39. The molecule has 0 saturated carbocycles. The molecule has 0 spiro atoms. The van der Waals surface area contributed by atoms with Crippen molar-refractivity contribution in [2.45, 2.75) is 38.1 Å². The summed E-state index contributed by atoms with van der Waals surface area (Å²) in [5, 5.41) is 0. The topological polar surface area (TPSA) is 48.6 Å². The normalized spacial score (nSPS) is 20.6. The standard InChI is InChI=1S/C22H27F2N3O2/c23-19-7-4-5-16(22(19)24)13-17-6-2-1-3-8-27(17)20-14-18(15-21(28)25-20)26-9-11-29-12-10-26/h4-5,7,14-15,17H,1-3,6,8-13H2,(H,25,28)/t17-/m1/s1. The average Bonchev–Trinajstić information content (AvgIpc) is 2.97. The van der Waals surface area contributed by atoms with Crippen LogP contribution in [0.15, 0.2) is 35.1 Å². The second-order valence-electron chi connectivity index (χ2n) is 7.80. The highest BCUT2D eigenvalue weighted by molar-refractivity contribution is 5.56. The summed E-state index contributed by atoms with van der Waals surface area (Å²) in [6.45, 7) is 3.58. The van der Waals surface area contributed by atoms with Gasteiger partial charge in [0.15, 0.2) is 11.6 Å². The number of ether oxygens (including phenoxy) is 1. The largest absolute Gasteiger partial charge is 0.378 e. The number of aromatic amines is 1. The molecule has 0 bridgehead atoms. The number of anilines is 2. The van der Waals surface area contributed by atoms with Crippen LogP contribution in [0.2, 0.25) is 0 Å². The van der Waals surface area contributed by atoms with Crippen molar-refractivity contribution >= 4 is 11.5 Å². The minimum atomic E-state index is -0.814. The van der Waals surface area contributed by atoms with Gasteiger partial charge in [-0.1, -0.05) is 25.0 Å². The Morgan fingerprint density at radius 1 is 1.07 bits per heavy atom. The fourth-order valence-corrected chi connectivity index (χ4v) is 4.34. The van der Waals surface area contributed by atoms with Gasteiger partial charge in [-0.2, -0.15) is 0 Å². The van der Waals surface area contributed by atoms with E-state index in [1.54, 1.807) is 18.2 Å². The van der Waals surface area contributed by atoms with E-state index in [-0.39, 0.29) is 11.6 Å². The van der Waals surface area contributed by atoms with Gasteiger partial charge in [0, 0.05) is 43.5 Å². The van der Waals surface area contributed by atoms with E-state index < -0.39 is 11.6 Å². The zero-order valence-corrected chi connectivity index (χ0v) is 16.5. The van der Waals surface area contributed by atoms with Gasteiger partial charge in [0.05, 0.1) is 13.2 Å². The molecular formula is C22H27F2N3O2.